The number of hydrogen-bond acceptors (Lipinski definition) is 4. The zero-order chi connectivity index (χ0) is 16.7. The second-order valence-electron chi connectivity index (χ2n) is 5.70. The van der Waals surface area contributed by atoms with Gasteiger partial charge in [0.25, 0.3) is 0 Å². The normalized spacial score (nSPS) is 12.0. The Labute approximate surface area is 138 Å². The molecule has 2 aromatic carbocycles. The average Bonchev–Trinajstić information content (AvgIpc) is 2.54. The van der Waals surface area contributed by atoms with Crippen LogP contribution in [-0.2, 0) is 13.2 Å². The molecule has 0 spiro atoms. The van der Waals surface area contributed by atoms with E-state index in [1.807, 2.05) is 18.2 Å². The Morgan fingerprint density at radius 3 is 2.52 bits per heavy atom. The summed E-state index contributed by atoms with van der Waals surface area (Å²) < 4.78 is 11.4. The third kappa shape index (κ3) is 5.27. The zero-order valence-corrected chi connectivity index (χ0v) is 14.0. The highest BCUT2D eigenvalue weighted by Gasteiger charge is 2.11. The zero-order valence-electron chi connectivity index (χ0n) is 14.0. The molecule has 0 bridgehead atoms. The maximum atomic E-state index is 9.36. The van der Waals surface area contributed by atoms with Crippen LogP contribution < -0.4 is 14.8 Å². The second kappa shape index (κ2) is 8.56. The van der Waals surface area contributed by atoms with Crippen molar-refractivity contribution >= 4 is 0 Å². The van der Waals surface area contributed by atoms with Crippen LogP contribution in [0.4, 0.5) is 0 Å². The first-order valence-electron chi connectivity index (χ1n) is 7.83. The van der Waals surface area contributed by atoms with Gasteiger partial charge in [-0.2, -0.15) is 0 Å². The summed E-state index contributed by atoms with van der Waals surface area (Å²) in [6.07, 6.45) is -0.377. The van der Waals surface area contributed by atoms with E-state index in [-0.39, 0.29) is 6.10 Å². The van der Waals surface area contributed by atoms with Crippen molar-refractivity contribution in [1.82, 2.24) is 5.32 Å². The molecule has 0 aliphatic rings. The number of hydrogen-bond donors (Lipinski definition) is 2. The summed E-state index contributed by atoms with van der Waals surface area (Å²) >= 11 is 0. The fraction of sp³-hybridized carbons (Fsp3) is 0.368. The van der Waals surface area contributed by atoms with Crippen molar-refractivity contribution < 1.29 is 14.6 Å². The molecule has 0 aliphatic heterocycles. The van der Waals surface area contributed by atoms with Crippen LogP contribution in [0.15, 0.2) is 42.5 Å². The van der Waals surface area contributed by atoms with Gasteiger partial charge in [0.2, 0.25) is 0 Å². The van der Waals surface area contributed by atoms with Gasteiger partial charge in [-0.15, -0.1) is 0 Å². The fourth-order valence-corrected chi connectivity index (χ4v) is 2.28. The van der Waals surface area contributed by atoms with Gasteiger partial charge in [0.1, 0.15) is 6.61 Å². The molecule has 0 amide bonds. The standard InChI is InChI=1S/C19H25NO3/c1-14-7-9-16(10-8-14)13-23-19-17(12-20-11-15(2)21)5-4-6-18(19)22-3/h4-10,15,20-21H,11-13H2,1-3H3/t15-/m1/s1. The smallest absolute Gasteiger partial charge is 0.166 e. The first-order chi connectivity index (χ1) is 11.1. The number of aryl methyl sites for hydroxylation is 1. The molecule has 23 heavy (non-hydrogen) atoms. The number of aliphatic hydroxyl groups excluding tert-OH is 1. The van der Waals surface area contributed by atoms with Gasteiger partial charge in [-0.1, -0.05) is 42.0 Å². The highest BCUT2D eigenvalue weighted by atomic mass is 16.5. The minimum atomic E-state index is -0.377. The topological polar surface area (TPSA) is 50.7 Å². The summed E-state index contributed by atoms with van der Waals surface area (Å²) in [7, 11) is 1.64. The Kier molecular flexibility index (Phi) is 6.44. The Morgan fingerprint density at radius 1 is 1.13 bits per heavy atom. The molecule has 2 aromatic rings. The molecule has 4 heteroatoms. The third-order valence-corrected chi connectivity index (χ3v) is 3.54. The molecule has 2 N–H and O–H groups in total. The molecule has 0 fully saturated rings. The summed E-state index contributed by atoms with van der Waals surface area (Å²) in [5.74, 6) is 1.46. The number of methoxy groups -OCH3 is 1. The van der Waals surface area contributed by atoms with Crippen LogP contribution in [0.3, 0.4) is 0 Å². The van der Waals surface area contributed by atoms with Crippen molar-refractivity contribution in [3.63, 3.8) is 0 Å². The van der Waals surface area contributed by atoms with Gasteiger partial charge in [-0.25, -0.2) is 0 Å². The molecule has 0 saturated carbocycles. The van der Waals surface area contributed by atoms with E-state index in [9.17, 15) is 5.11 Å². The Bertz CT molecular complexity index is 609. The lowest BCUT2D eigenvalue weighted by Gasteiger charge is -2.16. The minimum absolute atomic E-state index is 0.377. The summed E-state index contributed by atoms with van der Waals surface area (Å²) in [5.41, 5.74) is 3.36. The maximum Gasteiger partial charge on any atom is 0.166 e. The van der Waals surface area contributed by atoms with Crippen molar-refractivity contribution in [2.75, 3.05) is 13.7 Å². The van der Waals surface area contributed by atoms with Crippen LogP contribution in [0.2, 0.25) is 0 Å². The highest BCUT2D eigenvalue weighted by Crippen LogP contribution is 2.31. The SMILES string of the molecule is COc1cccc(CNC[C@@H](C)O)c1OCc1ccc(C)cc1. The molecular formula is C19H25NO3. The quantitative estimate of drug-likeness (QED) is 0.786. The number of aliphatic hydroxyl groups is 1. The maximum absolute atomic E-state index is 9.36. The number of benzene rings is 2. The fourth-order valence-electron chi connectivity index (χ4n) is 2.28. The van der Waals surface area contributed by atoms with Gasteiger partial charge < -0.3 is 19.9 Å². The van der Waals surface area contributed by atoms with Crippen LogP contribution >= 0.6 is 0 Å². The monoisotopic (exact) mass is 315 g/mol. The van der Waals surface area contributed by atoms with Gasteiger partial charge in [0, 0.05) is 18.7 Å². The molecule has 0 saturated heterocycles. The van der Waals surface area contributed by atoms with E-state index in [4.69, 9.17) is 9.47 Å². The van der Waals surface area contributed by atoms with Gasteiger partial charge in [-0.05, 0) is 25.5 Å². The molecule has 2 rings (SSSR count). The molecule has 1 atom stereocenters. The Morgan fingerprint density at radius 2 is 1.87 bits per heavy atom. The lowest BCUT2D eigenvalue weighted by molar-refractivity contribution is 0.190. The highest BCUT2D eigenvalue weighted by molar-refractivity contribution is 5.46. The van der Waals surface area contributed by atoms with Gasteiger partial charge in [0.05, 0.1) is 13.2 Å². The van der Waals surface area contributed by atoms with Crippen molar-refractivity contribution in [2.24, 2.45) is 0 Å². The second-order valence-corrected chi connectivity index (χ2v) is 5.70. The van der Waals surface area contributed by atoms with E-state index < -0.39 is 0 Å². The molecule has 4 nitrogen and oxygen atoms in total. The molecule has 0 aliphatic carbocycles. The first kappa shape index (κ1) is 17.3. The summed E-state index contributed by atoms with van der Waals surface area (Å²) in [6, 6.07) is 14.1. The third-order valence-electron chi connectivity index (χ3n) is 3.54. The van der Waals surface area contributed by atoms with Crippen molar-refractivity contribution in [3.8, 4) is 11.5 Å². The van der Waals surface area contributed by atoms with Crippen LogP contribution in [0.1, 0.15) is 23.6 Å². The number of ether oxygens (including phenoxy) is 2. The van der Waals surface area contributed by atoms with E-state index in [1.165, 1.54) is 5.56 Å². The first-order valence-corrected chi connectivity index (χ1v) is 7.83. The predicted molar refractivity (Wildman–Crippen MR) is 91.9 cm³/mol. The van der Waals surface area contributed by atoms with E-state index >= 15 is 0 Å². The van der Waals surface area contributed by atoms with Gasteiger partial charge >= 0.3 is 0 Å². The summed E-state index contributed by atoms with van der Waals surface area (Å²) in [5, 5.41) is 12.6. The molecule has 124 valence electrons. The van der Waals surface area contributed by atoms with E-state index in [2.05, 4.69) is 36.5 Å². The largest absolute Gasteiger partial charge is 0.493 e. The molecule has 0 unspecified atom stereocenters. The number of nitrogens with one attached hydrogen (secondary N) is 1. The summed E-state index contributed by atoms with van der Waals surface area (Å²) in [6.45, 7) is 5.47. The van der Waals surface area contributed by atoms with E-state index in [0.29, 0.717) is 25.4 Å². The molecule has 0 radical (unpaired) electrons. The van der Waals surface area contributed by atoms with Gasteiger partial charge in [-0.3, -0.25) is 0 Å². The van der Waals surface area contributed by atoms with Crippen LogP contribution in [0.25, 0.3) is 0 Å². The summed E-state index contributed by atoms with van der Waals surface area (Å²) in [4.78, 5) is 0. The van der Waals surface area contributed by atoms with Gasteiger partial charge in [0.15, 0.2) is 11.5 Å². The molecule has 0 heterocycles. The van der Waals surface area contributed by atoms with Crippen molar-refractivity contribution in [1.29, 1.82) is 0 Å². The lowest BCUT2D eigenvalue weighted by Crippen LogP contribution is -2.24. The number of rotatable bonds is 8. The van der Waals surface area contributed by atoms with Crippen LogP contribution in [0.5, 0.6) is 11.5 Å². The Hall–Kier alpha value is -2.04. The van der Waals surface area contributed by atoms with E-state index in [0.717, 1.165) is 16.9 Å². The van der Waals surface area contributed by atoms with Crippen molar-refractivity contribution in [3.05, 3.63) is 59.2 Å². The van der Waals surface area contributed by atoms with Crippen molar-refractivity contribution in [2.45, 2.75) is 33.1 Å². The molecule has 0 aromatic heterocycles. The Balaban J connectivity index is 2.09. The number of para-hydroxylation sites is 1. The van der Waals surface area contributed by atoms with Crippen LogP contribution in [-0.4, -0.2) is 24.9 Å². The average molecular weight is 315 g/mol. The van der Waals surface area contributed by atoms with Crippen LogP contribution in [0, 0.1) is 6.92 Å². The lowest BCUT2D eigenvalue weighted by atomic mass is 10.1. The predicted octanol–water partition coefficient (Wildman–Crippen LogP) is 3.05. The minimum Gasteiger partial charge on any atom is -0.493 e. The van der Waals surface area contributed by atoms with E-state index in [1.54, 1.807) is 14.0 Å². The molecular weight excluding hydrogens is 290 g/mol.